The number of aromatic nitrogens is 1. The predicted molar refractivity (Wildman–Crippen MR) is 54.2 cm³/mol. The van der Waals surface area contributed by atoms with Crippen LogP contribution in [0, 0.1) is 6.85 Å². The molecule has 12 heavy (non-hydrogen) atoms. The molecule has 0 N–H and O–H groups in total. The van der Waals surface area contributed by atoms with Crippen molar-refractivity contribution in [1.29, 1.82) is 0 Å². The summed E-state index contributed by atoms with van der Waals surface area (Å²) in [6.45, 7) is -2.71. The van der Waals surface area contributed by atoms with E-state index in [9.17, 15) is 0 Å². The maximum atomic E-state index is 7.85. The van der Waals surface area contributed by atoms with Gasteiger partial charge in [0, 0.05) is 20.1 Å². The van der Waals surface area contributed by atoms with E-state index in [1.54, 1.807) is 0 Å². The van der Waals surface area contributed by atoms with E-state index in [4.69, 9.17) is 11.0 Å². The Balaban J connectivity index is 3.17. The molecule has 0 bridgehead atoms. The summed E-state index contributed by atoms with van der Waals surface area (Å²) in [6.07, 6.45) is -0.475. The first-order valence-corrected chi connectivity index (χ1v) is 3.93. The molecule has 0 saturated carbocycles. The van der Waals surface area contributed by atoms with Crippen LogP contribution < -0.4 is 0 Å². The molecule has 1 aromatic carbocycles. The van der Waals surface area contributed by atoms with Crippen LogP contribution in [-0.2, 0) is 0 Å². The van der Waals surface area contributed by atoms with Crippen molar-refractivity contribution in [3.8, 4) is 0 Å². The van der Waals surface area contributed by atoms with Crippen LogP contribution in [0.15, 0.2) is 34.8 Å². The highest BCUT2D eigenvalue weighted by Gasteiger charge is 2.00. The van der Waals surface area contributed by atoms with Gasteiger partial charge in [0.1, 0.15) is 0 Å². The van der Waals surface area contributed by atoms with Crippen LogP contribution >= 0.6 is 15.9 Å². The molecule has 0 radical (unpaired) electrons. The average molecular weight is 230 g/mol. The quantitative estimate of drug-likeness (QED) is 0.676. The fourth-order valence-electron chi connectivity index (χ4n) is 0.868. The second-order valence-corrected chi connectivity index (χ2v) is 2.93. The number of hydrogen-bond acceptors (Lipinski definition) is 1. The lowest BCUT2D eigenvalue weighted by atomic mass is 10.1. The van der Waals surface area contributed by atoms with Gasteiger partial charge in [-0.3, -0.25) is 4.98 Å². The van der Waals surface area contributed by atoms with E-state index >= 15 is 0 Å². The Labute approximate surface area is 90.8 Å². The molecule has 0 aliphatic rings. The number of nitrogens with zero attached hydrogens (tertiary/aromatic N) is 1. The van der Waals surface area contributed by atoms with Crippen molar-refractivity contribution in [2.75, 3.05) is 0 Å². The van der Waals surface area contributed by atoms with Crippen LogP contribution in [-0.4, -0.2) is 4.98 Å². The molecule has 0 aliphatic heterocycles. The standard InChI is InChI=1S/C10H8BrN/c1-7-4-5-9(11)10-8(7)3-2-6-12-10/h2-6H,1H3/i1D3,2D,3D,4D,5D,6D. The number of fused-ring (bicyclic) bond motifs is 1. The van der Waals surface area contributed by atoms with E-state index in [1.165, 1.54) is 0 Å². The Morgan fingerprint density at radius 1 is 1.50 bits per heavy atom. The Kier molecular flexibility index (Phi) is 0.671. The van der Waals surface area contributed by atoms with Gasteiger partial charge in [-0.1, -0.05) is 12.1 Å². The van der Waals surface area contributed by atoms with Crippen molar-refractivity contribution in [3.05, 3.63) is 40.4 Å². The van der Waals surface area contributed by atoms with Gasteiger partial charge in [-0.2, -0.15) is 0 Å². The molecule has 60 valence electrons. The van der Waals surface area contributed by atoms with Gasteiger partial charge in [0.25, 0.3) is 0 Å². The first-order valence-electron chi connectivity index (χ1n) is 7.14. The second-order valence-electron chi connectivity index (χ2n) is 2.14. The van der Waals surface area contributed by atoms with Crippen molar-refractivity contribution in [2.45, 2.75) is 6.85 Å². The smallest absolute Gasteiger partial charge is 0.0846 e. The number of hydrogen-bond donors (Lipinski definition) is 0. The van der Waals surface area contributed by atoms with Crippen LogP contribution in [0.1, 0.15) is 16.5 Å². The molecular weight excluding hydrogens is 214 g/mol. The Morgan fingerprint density at radius 2 is 2.42 bits per heavy atom. The lowest BCUT2D eigenvalue weighted by Gasteiger charge is -2.01. The van der Waals surface area contributed by atoms with Gasteiger partial charge in [-0.15, -0.1) is 0 Å². The number of pyridine rings is 1. The fourth-order valence-corrected chi connectivity index (χ4v) is 1.25. The van der Waals surface area contributed by atoms with Crippen molar-refractivity contribution in [2.24, 2.45) is 0 Å². The van der Waals surface area contributed by atoms with Crippen LogP contribution in [0.3, 0.4) is 0 Å². The molecule has 0 fully saturated rings. The van der Waals surface area contributed by atoms with Crippen molar-refractivity contribution >= 4 is 26.8 Å². The molecule has 1 nitrogen and oxygen atoms in total. The highest BCUT2D eigenvalue weighted by molar-refractivity contribution is 9.10. The molecular formula is C10H8BrN. The Bertz CT molecular complexity index is 724. The summed E-state index contributed by atoms with van der Waals surface area (Å²) >= 11 is 3.04. The van der Waals surface area contributed by atoms with E-state index in [-0.39, 0.29) is 21.4 Å². The summed E-state index contributed by atoms with van der Waals surface area (Å²) in [4.78, 5) is 3.77. The van der Waals surface area contributed by atoms with Gasteiger partial charge >= 0.3 is 0 Å². The van der Waals surface area contributed by atoms with Gasteiger partial charge in [0.2, 0.25) is 0 Å². The molecule has 0 aliphatic carbocycles. The first kappa shape index (κ1) is 2.81. The molecule has 0 spiro atoms. The maximum absolute atomic E-state index is 7.85. The van der Waals surface area contributed by atoms with Crippen molar-refractivity contribution in [1.82, 2.24) is 4.98 Å². The molecule has 0 amide bonds. The van der Waals surface area contributed by atoms with Crippen LogP contribution in [0.2, 0.25) is 0 Å². The fraction of sp³-hybridized carbons (Fsp3) is 0.100. The van der Waals surface area contributed by atoms with Crippen LogP contribution in [0.25, 0.3) is 10.9 Å². The third kappa shape index (κ3) is 1.12. The van der Waals surface area contributed by atoms with E-state index in [0.717, 1.165) is 0 Å². The van der Waals surface area contributed by atoms with Crippen molar-refractivity contribution in [3.63, 3.8) is 0 Å². The number of benzene rings is 1. The zero-order chi connectivity index (χ0) is 15.4. The SMILES string of the molecule is [2H]c1nc2c(Br)c([2H])c([2H])c(C([2H])([2H])[2H])c2c([2H])c1[2H]. The van der Waals surface area contributed by atoms with E-state index in [2.05, 4.69) is 20.9 Å². The number of rotatable bonds is 0. The summed E-state index contributed by atoms with van der Waals surface area (Å²) in [5.41, 5.74) is -0.533. The molecule has 1 aromatic heterocycles. The van der Waals surface area contributed by atoms with Crippen molar-refractivity contribution < 1.29 is 11.0 Å². The van der Waals surface area contributed by atoms with E-state index < -0.39 is 36.7 Å². The third-order valence-electron chi connectivity index (χ3n) is 1.40. The van der Waals surface area contributed by atoms with Crippen LogP contribution in [0.4, 0.5) is 0 Å². The summed E-state index contributed by atoms with van der Waals surface area (Å²) in [6, 6.07) is -1.88. The summed E-state index contributed by atoms with van der Waals surface area (Å²) in [7, 11) is 0. The minimum absolute atomic E-state index is 0.0486. The zero-order valence-electron chi connectivity index (χ0n) is 13.8. The third-order valence-corrected chi connectivity index (χ3v) is 1.98. The van der Waals surface area contributed by atoms with E-state index in [1.807, 2.05) is 0 Å². The molecule has 2 rings (SSSR count). The highest BCUT2D eigenvalue weighted by Crippen LogP contribution is 2.23. The normalized spacial score (nSPS) is 21.1. The van der Waals surface area contributed by atoms with Crippen LogP contribution in [0.5, 0.6) is 0 Å². The van der Waals surface area contributed by atoms with Gasteiger partial charge in [-0.25, -0.2) is 0 Å². The molecule has 1 heterocycles. The maximum Gasteiger partial charge on any atom is 0.0846 e. The summed E-state index contributed by atoms with van der Waals surface area (Å²) in [5.74, 6) is 0. The van der Waals surface area contributed by atoms with Gasteiger partial charge < -0.3 is 0 Å². The van der Waals surface area contributed by atoms with Gasteiger partial charge in [-0.05, 0) is 40.4 Å². The summed E-state index contributed by atoms with van der Waals surface area (Å²) in [5, 5.41) is -0.182. The summed E-state index contributed by atoms with van der Waals surface area (Å²) < 4.78 is 61.0. The molecule has 0 unspecified atom stereocenters. The topological polar surface area (TPSA) is 12.9 Å². The minimum Gasteiger partial charge on any atom is -0.255 e. The molecule has 0 saturated heterocycles. The zero-order valence-corrected chi connectivity index (χ0v) is 7.41. The first-order chi connectivity index (χ1) is 9.07. The lowest BCUT2D eigenvalue weighted by Crippen LogP contribution is -1.82. The molecule has 0 atom stereocenters. The average Bonchev–Trinajstić information content (AvgIpc) is 2.33. The monoisotopic (exact) mass is 229 g/mol. The lowest BCUT2D eigenvalue weighted by molar-refractivity contribution is 1.38. The molecule has 2 aromatic rings. The highest BCUT2D eigenvalue weighted by atomic mass is 79.9. The minimum atomic E-state index is -2.71. The second kappa shape index (κ2) is 2.87. The predicted octanol–water partition coefficient (Wildman–Crippen LogP) is 3.31. The Hall–Kier alpha value is -0.890. The van der Waals surface area contributed by atoms with Gasteiger partial charge in [0.05, 0.1) is 12.4 Å². The van der Waals surface area contributed by atoms with E-state index in [0.29, 0.717) is 0 Å². The number of halogens is 1. The molecule has 2 heteroatoms. The largest absolute Gasteiger partial charge is 0.255 e. The number of aryl methyl sites for hydroxylation is 1. The van der Waals surface area contributed by atoms with Gasteiger partial charge in [0.15, 0.2) is 0 Å². The Morgan fingerprint density at radius 3 is 3.25 bits per heavy atom.